The van der Waals surface area contributed by atoms with E-state index < -0.39 is 0 Å². The largest absolute Gasteiger partial charge is 0.381 e. The Morgan fingerprint density at radius 2 is 1.79 bits per heavy atom. The Morgan fingerprint density at radius 1 is 1.06 bits per heavy atom. The average molecular weight is 508 g/mol. The molecule has 5 rings (SSSR count). The molecule has 174 valence electrons. The summed E-state index contributed by atoms with van der Waals surface area (Å²) < 4.78 is 7.48. The van der Waals surface area contributed by atoms with E-state index in [0.717, 1.165) is 68.2 Å². The number of carbonyl (C=O) groups is 1. The number of halogens is 3. The van der Waals surface area contributed by atoms with E-state index in [1.54, 1.807) is 6.07 Å². The molecule has 1 unspecified atom stereocenters. The molecule has 3 heterocycles. The first-order valence-electron chi connectivity index (χ1n) is 11.2. The van der Waals surface area contributed by atoms with Crippen molar-refractivity contribution in [2.24, 2.45) is 11.8 Å². The quantitative estimate of drug-likeness (QED) is 0.505. The first kappa shape index (κ1) is 22.8. The zero-order valence-electron chi connectivity index (χ0n) is 18.1. The van der Waals surface area contributed by atoms with Gasteiger partial charge in [-0.3, -0.25) is 9.36 Å². The Labute approximate surface area is 207 Å². The molecule has 1 N–H and O–H groups in total. The van der Waals surface area contributed by atoms with Crippen LogP contribution in [0.2, 0.25) is 15.1 Å². The van der Waals surface area contributed by atoms with E-state index >= 15 is 0 Å². The summed E-state index contributed by atoms with van der Waals surface area (Å²) >= 11 is 18.7. The zero-order chi connectivity index (χ0) is 22.9. The summed E-state index contributed by atoms with van der Waals surface area (Å²) in [7, 11) is 0. The van der Waals surface area contributed by atoms with Crippen LogP contribution in [0.3, 0.4) is 0 Å². The molecule has 2 saturated heterocycles. The third-order valence-electron chi connectivity index (χ3n) is 6.50. The second-order valence-electron chi connectivity index (χ2n) is 8.71. The molecule has 0 saturated carbocycles. The highest BCUT2D eigenvalue weighted by atomic mass is 35.5. The number of carbonyl (C=O) groups excluding carboxylic acids is 1. The van der Waals surface area contributed by atoms with E-state index in [4.69, 9.17) is 44.5 Å². The minimum Gasteiger partial charge on any atom is -0.381 e. The minimum atomic E-state index is 0.0146. The number of nitrogens with zero attached hydrogens (tertiary/aromatic N) is 3. The van der Waals surface area contributed by atoms with Crippen molar-refractivity contribution in [3.63, 3.8) is 0 Å². The van der Waals surface area contributed by atoms with Gasteiger partial charge in [-0.05, 0) is 55.7 Å². The van der Waals surface area contributed by atoms with Crippen LogP contribution < -0.4 is 10.2 Å². The maximum Gasteiger partial charge on any atom is 0.223 e. The highest BCUT2D eigenvalue weighted by Crippen LogP contribution is 2.34. The van der Waals surface area contributed by atoms with E-state index in [0.29, 0.717) is 27.5 Å². The van der Waals surface area contributed by atoms with Gasteiger partial charge >= 0.3 is 0 Å². The van der Waals surface area contributed by atoms with Gasteiger partial charge in [-0.2, -0.15) is 0 Å². The van der Waals surface area contributed by atoms with Crippen LogP contribution in [0.15, 0.2) is 36.4 Å². The molecule has 33 heavy (non-hydrogen) atoms. The number of amides is 1. The van der Waals surface area contributed by atoms with E-state index in [-0.39, 0.29) is 11.8 Å². The SMILES string of the molecule is O=C(NCC1CCOC1)C1CCN(c2nc3cc(Cl)c(Cl)cc3n2-c2ccc(Cl)cc2)CC1. The van der Waals surface area contributed by atoms with Crippen molar-refractivity contribution in [1.82, 2.24) is 14.9 Å². The van der Waals surface area contributed by atoms with Crippen molar-refractivity contribution in [3.8, 4) is 5.69 Å². The maximum atomic E-state index is 12.7. The topological polar surface area (TPSA) is 59.4 Å². The van der Waals surface area contributed by atoms with Crippen LogP contribution in [0, 0.1) is 11.8 Å². The Kier molecular flexibility index (Phi) is 6.70. The number of benzene rings is 2. The molecule has 2 aliphatic heterocycles. The Bertz CT molecular complexity index is 1150. The normalized spacial score (nSPS) is 19.4. The number of hydrogen-bond acceptors (Lipinski definition) is 4. The number of aromatic nitrogens is 2. The van der Waals surface area contributed by atoms with Crippen LogP contribution in [0.1, 0.15) is 19.3 Å². The van der Waals surface area contributed by atoms with Gasteiger partial charge in [-0.25, -0.2) is 4.98 Å². The molecule has 6 nitrogen and oxygen atoms in total. The van der Waals surface area contributed by atoms with Crippen LogP contribution in [0.5, 0.6) is 0 Å². The molecule has 0 bridgehead atoms. The molecule has 1 amide bonds. The predicted octanol–water partition coefficient (Wildman–Crippen LogP) is 5.35. The molecule has 2 aromatic carbocycles. The Morgan fingerprint density at radius 3 is 2.48 bits per heavy atom. The number of anilines is 1. The lowest BCUT2D eigenvalue weighted by atomic mass is 9.96. The summed E-state index contributed by atoms with van der Waals surface area (Å²) in [5.74, 6) is 1.41. The van der Waals surface area contributed by atoms with Crippen LogP contribution in [-0.4, -0.2) is 48.3 Å². The summed E-state index contributed by atoms with van der Waals surface area (Å²) in [6, 6.07) is 11.3. The Hall–Kier alpha value is -1.99. The molecule has 0 spiro atoms. The van der Waals surface area contributed by atoms with Crippen molar-refractivity contribution in [3.05, 3.63) is 51.5 Å². The first-order valence-corrected chi connectivity index (χ1v) is 12.4. The number of nitrogens with one attached hydrogen (secondary N) is 1. The maximum absolute atomic E-state index is 12.7. The van der Waals surface area contributed by atoms with Crippen molar-refractivity contribution < 1.29 is 9.53 Å². The van der Waals surface area contributed by atoms with E-state index in [9.17, 15) is 4.79 Å². The van der Waals surface area contributed by atoms with E-state index in [1.165, 1.54) is 0 Å². The predicted molar refractivity (Wildman–Crippen MR) is 133 cm³/mol. The summed E-state index contributed by atoms with van der Waals surface area (Å²) in [5, 5.41) is 4.75. The number of piperidine rings is 1. The number of hydrogen-bond donors (Lipinski definition) is 1. The molecule has 1 aromatic heterocycles. The number of rotatable bonds is 5. The first-order chi connectivity index (χ1) is 16.0. The van der Waals surface area contributed by atoms with Crippen LogP contribution in [0.4, 0.5) is 5.95 Å². The van der Waals surface area contributed by atoms with E-state index in [2.05, 4.69) is 14.8 Å². The second-order valence-corrected chi connectivity index (χ2v) is 9.97. The van der Waals surface area contributed by atoms with Crippen molar-refractivity contribution in [2.75, 3.05) is 37.7 Å². The lowest BCUT2D eigenvalue weighted by Gasteiger charge is -2.32. The lowest BCUT2D eigenvalue weighted by Crippen LogP contribution is -2.42. The van der Waals surface area contributed by atoms with Gasteiger partial charge in [0.1, 0.15) is 0 Å². The van der Waals surface area contributed by atoms with Crippen molar-refractivity contribution in [1.29, 1.82) is 0 Å². The van der Waals surface area contributed by atoms with Gasteiger partial charge < -0.3 is 15.0 Å². The molecular formula is C24H25Cl3N4O2. The summed E-state index contributed by atoms with van der Waals surface area (Å²) in [6.07, 6.45) is 2.57. The fraction of sp³-hybridized carbons (Fsp3) is 0.417. The van der Waals surface area contributed by atoms with Gasteiger partial charge in [0.2, 0.25) is 11.9 Å². The number of ether oxygens (including phenoxy) is 1. The second kappa shape index (κ2) is 9.71. The zero-order valence-corrected chi connectivity index (χ0v) is 20.3. The van der Waals surface area contributed by atoms with Crippen LogP contribution in [0.25, 0.3) is 16.7 Å². The molecule has 9 heteroatoms. The van der Waals surface area contributed by atoms with Gasteiger partial charge in [0.05, 0.1) is 27.7 Å². The smallest absolute Gasteiger partial charge is 0.223 e. The monoisotopic (exact) mass is 506 g/mol. The van der Waals surface area contributed by atoms with Crippen molar-refractivity contribution in [2.45, 2.75) is 19.3 Å². The highest BCUT2D eigenvalue weighted by Gasteiger charge is 2.29. The number of fused-ring (bicyclic) bond motifs is 1. The van der Waals surface area contributed by atoms with Gasteiger partial charge in [-0.1, -0.05) is 34.8 Å². The Balaban J connectivity index is 1.37. The van der Waals surface area contributed by atoms with Gasteiger partial charge in [0.25, 0.3) is 0 Å². The standard InChI is InChI=1S/C24H25Cl3N4O2/c25-17-1-3-18(4-2-17)31-22-12-20(27)19(26)11-21(22)29-24(31)30-8-5-16(6-9-30)23(32)28-13-15-7-10-33-14-15/h1-4,11-12,15-16H,5-10,13-14H2,(H,28,32). The molecule has 0 radical (unpaired) electrons. The molecule has 3 aromatic rings. The molecule has 2 fully saturated rings. The van der Waals surface area contributed by atoms with Gasteiger partial charge in [-0.15, -0.1) is 0 Å². The summed E-state index contributed by atoms with van der Waals surface area (Å²) in [6.45, 7) is 3.72. The van der Waals surface area contributed by atoms with E-state index in [1.807, 2.05) is 30.3 Å². The number of imidazole rings is 1. The average Bonchev–Trinajstić information content (AvgIpc) is 3.47. The van der Waals surface area contributed by atoms with Crippen LogP contribution in [-0.2, 0) is 9.53 Å². The van der Waals surface area contributed by atoms with Gasteiger partial charge in [0.15, 0.2) is 0 Å². The summed E-state index contributed by atoms with van der Waals surface area (Å²) in [4.78, 5) is 19.8. The molecule has 2 aliphatic rings. The van der Waals surface area contributed by atoms with Crippen molar-refractivity contribution >= 4 is 57.7 Å². The highest BCUT2D eigenvalue weighted by molar-refractivity contribution is 6.42. The lowest BCUT2D eigenvalue weighted by molar-refractivity contribution is -0.125. The molecular weight excluding hydrogens is 483 g/mol. The third kappa shape index (κ3) is 4.80. The minimum absolute atomic E-state index is 0.0146. The fourth-order valence-corrected chi connectivity index (χ4v) is 5.03. The van der Waals surface area contributed by atoms with Crippen LogP contribution >= 0.6 is 34.8 Å². The third-order valence-corrected chi connectivity index (χ3v) is 7.48. The molecule has 1 atom stereocenters. The molecule has 0 aliphatic carbocycles. The fourth-order valence-electron chi connectivity index (χ4n) is 4.59. The van der Waals surface area contributed by atoms with Gasteiger partial charge in [0, 0.05) is 48.8 Å². The summed E-state index contributed by atoms with van der Waals surface area (Å²) in [5.41, 5.74) is 2.59.